The van der Waals surface area contributed by atoms with Crippen LogP contribution in [-0.4, -0.2) is 41.4 Å². The Morgan fingerprint density at radius 1 is 1.24 bits per heavy atom. The molecule has 172 valence electrons. The molecule has 3 N–H and O–H groups in total. The molecular weight excluding hydrogens is 455 g/mol. The standard InChI is InChI=1S/C24H21FN6O2S/c25-12-24(17-2-3-17)22(27)31-23(13-34(24,32)33)9-16-1-4-18(8-19(16)23)30-21-20-15(5-6-28-21)7-14(10-26)11-29-20/h1,4-8,11,17H,2-3,9,12-13H2,(H2,27,31)(H,28,30)/t23-,24-/m0/s1. The minimum absolute atomic E-state index is 0.0963. The van der Waals surface area contributed by atoms with Crippen LogP contribution in [0.5, 0.6) is 0 Å². The highest BCUT2D eigenvalue weighted by Gasteiger charge is 2.64. The Bertz CT molecular complexity index is 1540. The van der Waals surface area contributed by atoms with Gasteiger partial charge in [-0.15, -0.1) is 0 Å². The molecule has 10 heteroatoms. The van der Waals surface area contributed by atoms with Crippen LogP contribution in [0.1, 0.15) is 29.5 Å². The maximum Gasteiger partial charge on any atom is 0.168 e. The van der Waals surface area contributed by atoms with Crippen LogP contribution in [-0.2, 0) is 21.8 Å². The molecule has 0 saturated heterocycles. The van der Waals surface area contributed by atoms with E-state index < -0.39 is 26.8 Å². The Morgan fingerprint density at radius 3 is 2.76 bits per heavy atom. The number of aliphatic imine (C=N–C) groups is 1. The summed E-state index contributed by atoms with van der Waals surface area (Å²) in [6, 6.07) is 11.3. The Labute approximate surface area is 195 Å². The highest BCUT2D eigenvalue weighted by atomic mass is 32.2. The van der Waals surface area contributed by atoms with Gasteiger partial charge in [-0.3, -0.25) is 9.98 Å². The molecule has 1 fully saturated rings. The zero-order valence-electron chi connectivity index (χ0n) is 18.1. The second kappa shape index (κ2) is 6.96. The number of amidine groups is 1. The fourth-order valence-corrected chi connectivity index (χ4v) is 7.84. The van der Waals surface area contributed by atoms with E-state index in [4.69, 9.17) is 11.0 Å². The summed E-state index contributed by atoms with van der Waals surface area (Å²) in [5.74, 6) is -0.119. The number of sulfone groups is 1. The SMILES string of the molecule is N#Cc1cnc2c(Nc3ccc4c(c3)[C@]3(C4)CS(=O)(=O)[C@@](CF)(C4CC4)C(N)=N3)nccc2c1. The lowest BCUT2D eigenvalue weighted by molar-refractivity contribution is 0.365. The van der Waals surface area contributed by atoms with Crippen molar-refractivity contribution in [3.8, 4) is 6.07 Å². The molecule has 0 bridgehead atoms. The van der Waals surface area contributed by atoms with Crippen molar-refractivity contribution in [3.63, 3.8) is 0 Å². The molecule has 34 heavy (non-hydrogen) atoms. The van der Waals surface area contributed by atoms with Crippen molar-refractivity contribution in [1.29, 1.82) is 5.26 Å². The number of pyridine rings is 2. The van der Waals surface area contributed by atoms with Gasteiger partial charge < -0.3 is 11.1 Å². The summed E-state index contributed by atoms with van der Waals surface area (Å²) < 4.78 is 39.2. The van der Waals surface area contributed by atoms with Gasteiger partial charge in [0.15, 0.2) is 20.4 Å². The Morgan fingerprint density at radius 2 is 2.06 bits per heavy atom. The third-order valence-electron chi connectivity index (χ3n) is 7.27. The summed E-state index contributed by atoms with van der Waals surface area (Å²) >= 11 is 0. The number of nitriles is 1. The maximum atomic E-state index is 14.1. The quantitative estimate of drug-likeness (QED) is 0.591. The summed E-state index contributed by atoms with van der Waals surface area (Å²) in [6.07, 6.45) is 4.87. The first-order valence-electron chi connectivity index (χ1n) is 11.0. The molecule has 3 aliphatic rings. The molecule has 2 aliphatic carbocycles. The lowest BCUT2D eigenvalue weighted by Gasteiger charge is -2.47. The van der Waals surface area contributed by atoms with E-state index in [1.54, 1.807) is 18.3 Å². The number of nitrogens with one attached hydrogen (secondary N) is 1. The number of anilines is 2. The molecule has 3 heterocycles. The van der Waals surface area contributed by atoms with Crippen LogP contribution in [0.15, 0.2) is 47.7 Å². The Hall–Kier alpha value is -3.58. The van der Waals surface area contributed by atoms with Crippen molar-refractivity contribution >= 4 is 38.1 Å². The number of hydrogen-bond donors (Lipinski definition) is 2. The molecular formula is C24H21FN6O2S. The van der Waals surface area contributed by atoms with E-state index in [0.717, 1.165) is 16.5 Å². The molecule has 1 aliphatic heterocycles. The van der Waals surface area contributed by atoms with E-state index >= 15 is 0 Å². The van der Waals surface area contributed by atoms with Crippen molar-refractivity contribution in [3.05, 3.63) is 59.4 Å². The van der Waals surface area contributed by atoms with Gasteiger partial charge in [-0.1, -0.05) is 6.07 Å². The van der Waals surface area contributed by atoms with Crippen LogP contribution >= 0.6 is 0 Å². The number of benzene rings is 1. The van der Waals surface area contributed by atoms with Gasteiger partial charge in [-0.2, -0.15) is 5.26 Å². The number of halogens is 1. The van der Waals surface area contributed by atoms with Crippen molar-refractivity contribution in [2.45, 2.75) is 29.5 Å². The summed E-state index contributed by atoms with van der Waals surface area (Å²) in [4.78, 5) is 13.4. The van der Waals surface area contributed by atoms with Crippen LogP contribution in [0.2, 0.25) is 0 Å². The van der Waals surface area contributed by atoms with E-state index in [1.165, 1.54) is 6.20 Å². The maximum absolute atomic E-state index is 14.1. The van der Waals surface area contributed by atoms with E-state index in [9.17, 15) is 12.8 Å². The highest BCUT2D eigenvalue weighted by Crippen LogP contribution is 2.53. The average molecular weight is 477 g/mol. The normalized spacial score (nSPS) is 26.9. The molecule has 6 rings (SSSR count). The summed E-state index contributed by atoms with van der Waals surface area (Å²) in [5.41, 5.74) is 8.73. The van der Waals surface area contributed by atoms with Gasteiger partial charge in [0.1, 0.15) is 29.6 Å². The number of alkyl halides is 1. The van der Waals surface area contributed by atoms with E-state index in [0.29, 0.717) is 41.8 Å². The smallest absolute Gasteiger partial charge is 0.168 e. The van der Waals surface area contributed by atoms with E-state index in [1.807, 2.05) is 18.2 Å². The van der Waals surface area contributed by atoms with Crippen molar-refractivity contribution < 1.29 is 12.8 Å². The molecule has 2 atom stereocenters. The number of rotatable bonds is 4. The molecule has 2 aromatic heterocycles. The first-order chi connectivity index (χ1) is 16.3. The molecule has 0 radical (unpaired) electrons. The number of nitrogens with two attached hydrogens (primary N) is 1. The first kappa shape index (κ1) is 21.0. The monoisotopic (exact) mass is 476 g/mol. The van der Waals surface area contributed by atoms with Crippen LogP contribution < -0.4 is 11.1 Å². The fraction of sp³-hybridized carbons (Fsp3) is 0.333. The average Bonchev–Trinajstić information content (AvgIpc) is 3.65. The second-order valence-corrected chi connectivity index (χ2v) is 11.6. The van der Waals surface area contributed by atoms with Crippen molar-refractivity contribution in [2.24, 2.45) is 16.6 Å². The highest BCUT2D eigenvalue weighted by molar-refractivity contribution is 7.93. The van der Waals surface area contributed by atoms with Crippen LogP contribution in [0.3, 0.4) is 0 Å². The first-order valence-corrected chi connectivity index (χ1v) is 12.7. The minimum Gasteiger partial charge on any atom is -0.386 e. The molecule has 0 unspecified atom stereocenters. The van der Waals surface area contributed by atoms with Gasteiger partial charge in [0.2, 0.25) is 0 Å². The second-order valence-electron chi connectivity index (χ2n) is 9.33. The van der Waals surface area contributed by atoms with Gasteiger partial charge in [-0.05, 0) is 54.2 Å². The van der Waals surface area contributed by atoms with Crippen molar-refractivity contribution in [2.75, 3.05) is 17.7 Å². The molecule has 1 aromatic carbocycles. The number of nitrogens with zero attached hydrogens (tertiary/aromatic N) is 4. The topological polar surface area (TPSA) is 134 Å². The zero-order valence-corrected chi connectivity index (χ0v) is 18.9. The number of aromatic nitrogens is 2. The van der Waals surface area contributed by atoms with Gasteiger partial charge in [0.25, 0.3) is 0 Å². The van der Waals surface area contributed by atoms with E-state index in [-0.39, 0.29) is 17.5 Å². The lowest BCUT2D eigenvalue weighted by atomic mass is 9.71. The van der Waals surface area contributed by atoms with Gasteiger partial charge in [0.05, 0.1) is 11.3 Å². The van der Waals surface area contributed by atoms with Gasteiger partial charge >= 0.3 is 0 Å². The third kappa shape index (κ3) is 2.80. The number of hydrogen-bond acceptors (Lipinski definition) is 8. The molecule has 8 nitrogen and oxygen atoms in total. The largest absolute Gasteiger partial charge is 0.386 e. The molecule has 1 saturated carbocycles. The fourth-order valence-electron chi connectivity index (χ4n) is 5.36. The zero-order chi connectivity index (χ0) is 23.7. The summed E-state index contributed by atoms with van der Waals surface area (Å²) in [6.45, 7) is -1.03. The van der Waals surface area contributed by atoms with Crippen LogP contribution in [0.25, 0.3) is 10.9 Å². The minimum atomic E-state index is -3.84. The Balaban J connectivity index is 1.38. The number of fused-ring (bicyclic) bond motifs is 3. The van der Waals surface area contributed by atoms with Gasteiger partial charge in [-0.25, -0.2) is 17.8 Å². The molecule has 1 spiro atoms. The third-order valence-corrected chi connectivity index (χ3v) is 9.89. The molecule has 0 amide bonds. The Kier molecular flexibility index (Phi) is 4.30. The van der Waals surface area contributed by atoms with E-state index in [2.05, 4.69) is 26.3 Å². The van der Waals surface area contributed by atoms with Crippen LogP contribution in [0.4, 0.5) is 15.9 Å². The summed E-state index contributed by atoms with van der Waals surface area (Å²) in [5, 5.41) is 13.1. The predicted molar refractivity (Wildman–Crippen MR) is 126 cm³/mol. The summed E-state index contributed by atoms with van der Waals surface area (Å²) in [7, 11) is -3.84. The van der Waals surface area contributed by atoms with Crippen molar-refractivity contribution in [1.82, 2.24) is 9.97 Å². The lowest BCUT2D eigenvalue weighted by Crippen LogP contribution is -2.63. The van der Waals surface area contributed by atoms with Crippen LogP contribution in [0, 0.1) is 17.2 Å². The predicted octanol–water partition coefficient (Wildman–Crippen LogP) is 2.90. The molecule has 3 aromatic rings. The van der Waals surface area contributed by atoms with Gasteiger partial charge in [0, 0.05) is 29.9 Å².